The molecule has 0 spiro atoms. The van der Waals surface area contributed by atoms with Gasteiger partial charge < -0.3 is 14.7 Å². The van der Waals surface area contributed by atoms with Crippen LogP contribution in [0.15, 0.2) is 24.3 Å². The second-order valence-electron chi connectivity index (χ2n) is 5.14. The minimum absolute atomic E-state index is 0.298. The third kappa shape index (κ3) is 4.28. The van der Waals surface area contributed by atoms with Crippen LogP contribution in [0.1, 0.15) is 0 Å². The number of carbonyl (C=O) groups excluding carboxylic acids is 1. The maximum atomic E-state index is 12.9. The van der Waals surface area contributed by atoms with Gasteiger partial charge in [0, 0.05) is 18.1 Å². The van der Waals surface area contributed by atoms with Crippen molar-refractivity contribution >= 4 is 23.5 Å². The Morgan fingerprint density at radius 2 is 2.04 bits per heavy atom. The van der Waals surface area contributed by atoms with E-state index in [1.807, 2.05) is 0 Å². The van der Waals surface area contributed by atoms with E-state index < -0.39 is 49.6 Å². The summed E-state index contributed by atoms with van der Waals surface area (Å²) in [6.45, 7) is -1.66. The molecule has 1 aliphatic heterocycles. The fourth-order valence-corrected chi connectivity index (χ4v) is 2.56. The highest BCUT2D eigenvalue weighted by Crippen LogP contribution is 2.37. The summed E-state index contributed by atoms with van der Waals surface area (Å²) in [6.07, 6.45) is -4.67. The van der Waals surface area contributed by atoms with Crippen LogP contribution in [0.5, 0.6) is 5.75 Å². The van der Waals surface area contributed by atoms with E-state index in [1.54, 1.807) is 18.2 Å². The molecule has 1 N–H and O–H groups in total. The molecular formula is C14H13ClF3NO4. The van der Waals surface area contributed by atoms with Crippen LogP contribution >= 0.6 is 11.6 Å². The molecule has 2 rings (SSSR count). The van der Waals surface area contributed by atoms with E-state index in [-0.39, 0.29) is 0 Å². The van der Waals surface area contributed by atoms with E-state index in [2.05, 4.69) is 0 Å². The Morgan fingerprint density at radius 1 is 1.35 bits per heavy atom. The van der Waals surface area contributed by atoms with Crippen LogP contribution in [0, 0.1) is 11.8 Å². The molecule has 0 unspecified atom stereocenters. The number of halogens is 4. The Bertz CT molecular complexity index is 608. The predicted octanol–water partition coefficient (Wildman–Crippen LogP) is 2.44. The number of alkyl halides is 3. The average Bonchev–Trinajstić information content (AvgIpc) is 2.90. The summed E-state index contributed by atoms with van der Waals surface area (Å²) in [5.41, 5.74) is 0. The number of ether oxygens (including phenoxy) is 1. The van der Waals surface area contributed by atoms with Crippen molar-refractivity contribution in [3.63, 3.8) is 0 Å². The lowest BCUT2D eigenvalue weighted by atomic mass is 9.96. The summed E-state index contributed by atoms with van der Waals surface area (Å²) < 4.78 is 43.7. The van der Waals surface area contributed by atoms with Crippen molar-refractivity contribution in [3.8, 4) is 5.75 Å². The third-order valence-electron chi connectivity index (χ3n) is 3.57. The van der Waals surface area contributed by atoms with Crippen LogP contribution in [-0.4, -0.2) is 47.8 Å². The Kier molecular flexibility index (Phi) is 5.03. The Balaban J connectivity index is 1.99. The maximum Gasteiger partial charge on any atom is 0.394 e. The van der Waals surface area contributed by atoms with E-state index in [4.69, 9.17) is 21.4 Å². The minimum atomic E-state index is -4.67. The average molecular weight is 352 g/mol. The summed E-state index contributed by atoms with van der Waals surface area (Å²) in [5, 5.41) is 9.29. The number of nitrogens with zero attached hydrogens (tertiary/aromatic N) is 1. The Labute approximate surface area is 134 Å². The SMILES string of the molecule is O=C(O)[C@@H]1CN(C(=O)COc2cccc(Cl)c2)C[C@H]1C(F)(F)F. The second kappa shape index (κ2) is 6.66. The van der Waals surface area contributed by atoms with E-state index >= 15 is 0 Å². The van der Waals surface area contributed by atoms with Crippen molar-refractivity contribution in [2.75, 3.05) is 19.7 Å². The maximum absolute atomic E-state index is 12.9. The lowest BCUT2D eigenvalue weighted by Gasteiger charge is -2.18. The summed E-state index contributed by atoms with van der Waals surface area (Å²) >= 11 is 5.74. The van der Waals surface area contributed by atoms with Gasteiger partial charge in [-0.3, -0.25) is 9.59 Å². The molecule has 1 fully saturated rings. The molecule has 23 heavy (non-hydrogen) atoms. The topological polar surface area (TPSA) is 66.8 Å². The summed E-state index contributed by atoms with van der Waals surface area (Å²) in [6, 6.07) is 6.19. The first-order valence-electron chi connectivity index (χ1n) is 6.64. The van der Waals surface area contributed by atoms with Gasteiger partial charge in [-0.1, -0.05) is 17.7 Å². The first-order chi connectivity index (χ1) is 10.7. The zero-order chi connectivity index (χ0) is 17.2. The van der Waals surface area contributed by atoms with Gasteiger partial charge >= 0.3 is 12.1 Å². The van der Waals surface area contributed by atoms with Gasteiger partial charge in [0.15, 0.2) is 6.61 Å². The number of likely N-dealkylation sites (tertiary alicyclic amines) is 1. The van der Waals surface area contributed by atoms with Crippen molar-refractivity contribution in [1.29, 1.82) is 0 Å². The van der Waals surface area contributed by atoms with Gasteiger partial charge in [0.25, 0.3) is 5.91 Å². The number of carbonyl (C=O) groups is 2. The van der Waals surface area contributed by atoms with Crippen LogP contribution in [-0.2, 0) is 9.59 Å². The molecule has 1 aromatic carbocycles. The number of benzene rings is 1. The van der Waals surface area contributed by atoms with Gasteiger partial charge in [0.2, 0.25) is 0 Å². The highest BCUT2D eigenvalue weighted by atomic mass is 35.5. The van der Waals surface area contributed by atoms with E-state index in [9.17, 15) is 22.8 Å². The molecule has 1 aromatic rings. The van der Waals surface area contributed by atoms with E-state index in [0.717, 1.165) is 4.90 Å². The monoisotopic (exact) mass is 351 g/mol. The largest absolute Gasteiger partial charge is 0.484 e. The standard InChI is InChI=1S/C14H13ClF3NO4/c15-8-2-1-3-9(4-8)23-7-12(20)19-5-10(13(21)22)11(6-19)14(16,17)18/h1-4,10-11H,5-7H2,(H,21,22)/t10-,11-/m1/s1. The molecule has 1 heterocycles. The highest BCUT2D eigenvalue weighted by Gasteiger charge is 2.53. The van der Waals surface area contributed by atoms with E-state index in [1.165, 1.54) is 6.07 Å². The molecule has 5 nitrogen and oxygen atoms in total. The fraction of sp³-hybridized carbons (Fsp3) is 0.429. The summed E-state index contributed by atoms with van der Waals surface area (Å²) in [7, 11) is 0. The molecule has 1 saturated heterocycles. The zero-order valence-corrected chi connectivity index (χ0v) is 12.5. The number of aliphatic carboxylic acids is 1. The number of carboxylic acid groups (broad SMARTS) is 1. The molecule has 9 heteroatoms. The van der Waals surface area contributed by atoms with Gasteiger partial charge in [-0.15, -0.1) is 0 Å². The highest BCUT2D eigenvalue weighted by molar-refractivity contribution is 6.30. The molecule has 0 aromatic heterocycles. The van der Waals surface area contributed by atoms with Crippen LogP contribution in [0.3, 0.4) is 0 Å². The summed E-state index contributed by atoms with van der Waals surface area (Å²) in [5.74, 6) is -5.71. The minimum Gasteiger partial charge on any atom is -0.484 e. The molecule has 2 atom stereocenters. The molecule has 0 aliphatic carbocycles. The van der Waals surface area contributed by atoms with Crippen molar-refractivity contribution in [2.45, 2.75) is 6.18 Å². The molecular weight excluding hydrogens is 339 g/mol. The van der Waals surface area contributed by atoms with Crippen LogP contribution < -0.4 is 4.74 Å². The fourth-order valence-electron chi connectivity index (χ4n) is 2.38. The molecule has 0 radical (unpaired) electrons. The second-order valence-corrected chi connectivity index (χ2v) is 5.57. The third-order valence-corrected chi connectivity index (χ3v) is 3.80. The number of hydrogen-bond donors (Lipinski definition) is 1. The van der Waals surface area contributed by atoms with Gasteiger partial charge in [-0.25, -0.2) is 0 Å². The molecule has 0 bridgehead atoms. The number of carboxylic acids is 1. The van der Waals surface area contributed by atoms with Crippen LogP contribution in [0.25, 0.3) is 0 Å². The summed E-state index contributed by atoms with van der Waals surface area (Å²) in [4.78, 5) is 23.8. The smallest absolute Gasteiger partial charge is 0.394 e. The number of rotatable bonds is 4. The normalized spacial score (nSPS) is 21.3. The van der Waals surface area contributed by atoms with Crippen molar-refractivity contribution in [3.05, 3.63) is 29.3 Å². The first kappa shape index (κ1) is 17.4. The van der Waals surface area contributed by atoms with Crippen LogP contribution in [0.2, 0.25) is 5.02 Å². The van der Waals surface area contributed by atoms with Gasteiger partial charge in [-0.2, -0.15) is 13.2 Å². The van der Waals surface area contributed by atoms with Crippen molar-refractivity contribution < 1.29 is 32.6 Å². The first-order valence-corrected chi connectivity index (χ1v) is 7.02. The van der Waals surface area contributed by atoms with Gasteiger partial charge in [-0.05, 0) is 18.2 Å². The Hall–Kier alpha value is -1.96. The number of hydrogen-bond acceptors (Lipinski definition) is 3. The van der Waals surface area contributed by atoms with Crippen molar-refractivity contribution in [2.24, 2.45) is 11.8 Å². The van der Waals surface area contributed by atoms with E-state index in [0.29, 0.717) is 10.8 Å². The predicted molar refractivity (Wildman–Crippen MR) is 74.2 cm³/mol. The Morgan fingerprint density at radius 3 is 2.57 bits per heavy atom. The molecule has 0 saturated carbocycles. The molecule has 1 amide bonds. The van der Waals surface area contributed by atoms with Crippen molar-refractivity contribution in [1.82, 2.24) is 4.90 Å². The molecule has 1 aliphatic rings. The number of amides is 1. The molecule has 126 valence electrons. The van der Waals surface area contributed by atoms with Gasteiger partial charge in [0.05, 0.1) is 11.8 Å². The van der Waals surface area contributed by atoms with Crippen LogP contribution in [0.4, 0.5) is 13.2 Å². The zero-order valence-electron chi connectivity index (χ0n) is 11.7. The lowest BCUT2D eigenvalue weighted by molar-refractivity contribution is -0.188. The quantitative estimate of drug-likeness (QED) is 0.904. The lowest BCUT2D eigenvalue weighted by Crippen LogP contribution is -2.35. The van der Waals surface area contributed by atoms with Gasteiger partial charge in [0.1, 0.15) is 5.75 Å².